The Hall–Kier alpha value is -2.70. The molecule has 2 N–H and O–H groups in total. The third-order valence-electron chi connectivity index (χ3n) is 3.56. The van der Waals surface area contributed by atoms with Crippen molar-refractivity contribution in [2.45, 2.75) is 27.2 Å². The molecular formula is C16H19FN4O2. The number of aryl methyl sites for hydroxylation is 2. The lowest BCUT2D eigenvalue weighted by atomic mass is 10.1. The summed E-state index contributed by atoms with van der Waals surface area (Å²) in [4.78, 5) is 23.2. The van der Waals surface area contributed by atoms with Crippen LogP contribution in [0.1, 0.15) is 23.9 Å². The van der Waals surface area contributed by atoms with E-state index in [0.717, 1.165) is 17.0 Å². The Kier molecular flexibility index (Phi) is 4.78. The van der Waals surface area contributed by atoms with Gasteiger partial charge in [0, 0.05) is 30.9 Å². The molecule has 0 aliphatic heterocycles. The van der Waals surface area contributed by atoms with Gasteiger partial charge in [-0.1, -0.05) is 0 Å². The van der Waals surface area contributed by atoms with Crippen molar-refractivity contribution in [1.29, 1.82) is 0 Å². The van der Waals surface area contributed by atoms with Gasteiger partial charge in [-0.3, -0.25) is 14.3 Å². The van der Waals surface area contributed by atoms with Gasteiger partial charge in [-0.15, -0.1) is 0 Å². The second-order valence-electron chi connectivity index (χ2n) is 5.37. The highest BCUT2D eigenvalue weighted by Gasteiger charge is 2.14. The molecule has 0 saturated carbocycles. The van der Waals surface area contributed by atoms with Gasteiger partial charge in [-0.2, -0.15) is 5.10 Å². The summed E-state index contributed by atoms with van der Waals surface area (Å²) in [7, 11) is 1.82. The van der Waals surface area contributed by atoms with Crippen LogP contribution in [0.3, 0.4) is 0 Å². The third-order valence-corrected chi connectivity index (χ3v) is 3.56. The van der Waals surface area contributed by atoms with Gasteiger partial charge in [-0.05, 0) is 32.0 Å². The van der Waals surface area contributed by atoms with Gasteiger partial charge < -0.3 is 10.6 Å². The van der Waals surface area contributed by atoms with E-state index in [1.54, 1.807) is 4.68 Å². The van der Waals surface area contributed by atoms with Crippen molar-refractivity contribution in [2.75, 3.05) is 10.6 Å². The zero-order valence-electron chi connectivity index (χ0n) is 13.5. The topological polar surface area (TPSA) is 76.0 Å². The number of carbonyl (C=O) groups is 2. The SMILES string of the molecule is CC(=O)Nc1cc(NC(=O)Cc2c(C)nn(C)c2C)ccc1F. The monoisotopic (exact) mass is 318 g/mol. The van der Waals surface area contributed by atoms with Crippen molar-refractivity contribution < 1.29 is 14.0 Å². The van der Waals surface area contributed by atoms with Gasteiger partial charge in [0.05, 0.1) is 17.8 Å². The van der Waals surface area contributed by atoms with Crippen molar-refractivity contribution in [3.05, 3.63) is 41.0 Å². The summed E-state index contributed by atoms with van der Waals surface area (Å²) in [5.41, 5.74) is 3.05. The van der Waals surface area contributed by atoms with Gasteiger partial charge in [0.2, 0.25) is 11.8 Å². The second-order valence-corrected chi connectivity index (χ2v) is 5.37. The Labute approximate surface area is 133 Å². The van der Waals surface area contributed by atoms with Gasteiger partial charge in [0.25, 0.3) is 0 Å². The summed E-state index contributed by atoms with van der Waals surface area (Å²) in [6.07, 6.45) is 0.179. The summed E-state index contributed by atoms with van der Waals surface area (Å²) in [6, 6.07) is 4.03. The molecule has 1 heterocycles. The van der Waals surface area contributed by atoms with Crippen LogP contribution in [0.15, 0.2) is 18.2 Å². The normalized spacial score (nSPS) is 10.5. The fourth-order valence-electron chi connectivity index (χ4n) is 2.33. The molecule has 0 aliphatic carbocycles. The predicted molar refractivity (Wildman–Crippen MR) is 85.7 cm³/mol. The highest BCUT2D eigenvalue weighted by molar-refractivity contribution is 5.94. The van der Waals surface area contributed by atoms with Crippen molar-refractivity contribution in [2.24, 2.45) is 7.05 Å². The largest absolute Gasteiger partial charge is 0.326 e. The van der Waals surface area contributed by atoms with Crippen LogP contribution in [0.5, 0.6) is 0 Å². The van der Waals surface area contributed by atoms with Crippen LogP contribution in [0.25, 0.3) is 0 Å². The molecule has 2 amide bonds. The van der Waals surface area contributed by atoms with Crippen LogP contribution >= 0.6 is 0 Å². The van der Waals surface area contributed by atoms with Crippen molar-refractivity contribution in [3.63, 3.8) is 0 Å². The summed E-state index contributed by atoms with van der Waals surface area (Å²) in [6.45, 7) is 5.04. The Morgan fingerprint density at radius 2 is 1.96 bits per heavy atom. The fourth-order valence-corrected chi connectivity index (χ4v) is 2.33. The zero-order chi connectivity index (χ0) is 17.1. The first-order chi connectivity index (χ1) is 10.8. The van der Waals surface area contributed by atoms with Gasteiger partial charge in [0.15, 0.2) is 0 Å². The number of nitrogens with zero attached hydrogens (tertiary/aromatic N) is 2. The van der Waals surface area contributed by atoms with Crippen molar-refractivity contribution in [1.82, 2.24) is 9.78 Å². The first-order valence-corrected chi connectivity index (χ1v) is 7.14. The van der Waals surface area contributed by atoms with Crippen LogP contribution in [0, 0.1) is 19.7 Å². The van der Waals surface area contributed by atoms with E-state index in [0.29, 0.717) is 5.69 Å². The number of nitrogens with one attached hydrogen (secondary N) is 2. The molecule has 0 atom stereocenters. The molecule has 0 aliphatic rings. The number of hydrogen-bond donors (Lipinski definition) is 2. The van der Waals surface area contributed by atoms with Crippen molar-refractivity contribution >= 4 is 23.2 Å². The van der Waals surface area contributed by atoms with Crippen LogP contribution in [-0.2, 0) is 23.1 Å². The molecule has 0 saturated heterocycles. The average molecular weight is 318 g/mol. The Morgan fingerprint density at radius 1 is 1.26 bits per heavy atom. The Morgan fingerprint density at radius 3 is 2.52 bits per heavy atom. The molecule has 0 radical (unpaired) electrons. The van der Waals surface area contributed by atoms with Crippen LogP contribution in [-0.4, -0.2) is 21.6 Å². The second kappa shape index (κ2) is 6.60. The highest BCUT2D eigenvalue weighted by Crippen LogP contribution is 2.20. The highest BCUT2D eigenvalue weighted by atomic mass is 19.1. The lowest BCUT2D eigenvalue weighted by Crippen LogP contribution is -2.16. The number of benzene rings is 1. The molecule has 1 aromatic carbocycles. The molecular weight excluding hydrogens is 299 g/mol. The number of amides is 2. The maximum atomic E-state index is 13.6. The van der Waals surface area contributed by atoms with E-state index in [9.17, 15) is 14.0 Å². The number of rotatable bonds is 4. The molecule has 2 rings (SSSR count). The van der Waals surface area contributed by atoms with Gasteiger partial charge >= 0.3 is 0 Å². The number of aromatic nitrogens is 2. The maximum Gasteiger partial charge on any atom is 0.228 e. The summed E-state index contributed by atoms with van der Waals surface area (Å²) >= 11 is 0. The first-order valence-electron chi connectivity index (χ1n) is 7.14. The van der Waals surface area contributed by atoms with E-state index in [4.69, 9.17) is 0 Å². The lowest BCUT2D eigenvalue weighted by Gasteiger charge is -2.09. The fraction of sp³-hybridized carbons (Fsp3) is 0.312. The van der Waals surface area contributed by atoms with Gasteiger partial charge in [-0.25, -0.2) is 4.39 Å². The minimum absolute atomic E-state index is 0.0315. The minimum atomic E-state index is -0.558. The molecule has 0 unspecified atom stereocenters. The smallest absolute Gasteiger partial charge is 0.228 e. The van der Waals surface area contributed by atoms with E-state index in [2.05, 4.69) is 15.7 Å². The van der Waals surface area contributed by atoms with E-state index in [1.165, 1.54) is 25.1 Å². The molecule has 122 valence electrons. The van der Waals surface area contributed by atoms with E-state index in [-0.39, 0.29) is 23.9 Å². The molecule has 7 heteroatoms. The van der Waals surface area contributed by atoms with Crippen LogP contribution in [0.2, 0.25) is 0 Å². The summed E-state index contributed by atoms with van der Waals surface area (Å²) in [5, 5.41) is 9.35. The number of hydrogen-bond acceptors (Lipinski definition) is 3. The van der Waals surface area contributed by atoms with Crippen LogP contribution < -0.4 is 10.6 Å². The summed E-state index contributed by atoms with van der Waals surface area (Å²) < 4.78 is 15.3. The van der Waals surface area contributed by atoms with Gasteiger partial charge in [0.1, 0.15) is 5.82 Å². The molecule has 1 aromatic heterocycles. The Bertz CT molecular complexity index is 768. The number of halogens is 1. The molecule has 0 bridgehead atoms. The molecule has 23 heavy (non-hydrogen) atoms. The maximum absolute atomic E-state index is 13.6. The van der Waals surface area contributed by atoms with E-state index in [1.807, 2.05) is 20.9 Å². The van der Waals surface area contributed by atoms with Crippen LogP contribution in [0.4, 0.5) is 15.8 Å². The minimum Gasteiger partial charge on any atom is -0.326 e. The molecule has 2 aromatic rings. The first kappa shape index (κ1) is 16.7. The zero-order valence-corrected chi connectivity index (χ0v) is 13.5. The molecule has 0 spiro atoms. The lowest BCUT2D eigenvalue weighted by molar-refractivity contribution is -0.116. The van der Waals surface area contributed by atoms with E-state index >= 15 is 0 Å². The number of carbonyl (C=O) groups excluding carboxylic acids is 2. The Balaban J connectivity index is 2.12. The van der Waals surface area contributed by atoms with E-state index < -0.39 is 5.82 Å². The molecule has 0 fully saturated rings. The molecule has 6 nitrogen and oxygen atoms in total. The third kappa shape index (κ3) is 3.94. The van der Waals surface area contributed by atoms with Crippen molar-refractivity contribution in [3.8, 4) is 0 Å². The quantitative estimate of drug-likeness (QED) is 0.908. The standard InChI is InChI=1S/C16H19FN4O2/c1-9-13(10(2)21(4)20-9)8-16(23)19-12-5-6-14(17)15(7-12)18-11(3)22/h5-7H,8H2,1-4H3,(H,18,22)(H,19,23). The average Bonchev–Trinajstić information content (AvgIpc) is 2.68. The number of anilines is 2. The summed E-state index contributed by atoms with van der Waals surface area (Å²) in [5.74, 6) is -1.17. The predicted octanol–water partition coefficient (Wildman–Crippen LogP) is 2.32.